The Morgan fingerprint density at radius 2 is 2.17 bits per heavy atom. The lowest BCUT2D eigenvalue weighted by Gasteiger charge is -2.29. The second-order valence-corrected chi connectivity index (χ2v) is 4.66. The van der Waals surface area contributed by atoms with E-state index in [0.717, 1.165) is 24.8 Å². The first-order chi connectivity index (χ1) is 8.79. The van der Waals surface area contributed by atoms with Crippen LogP contribution in [0.2, 0.25) is 0 Å². The molecule has 0 N–H and O–H groups in total. The second kappa shape index (κ2) is 6.55. The Hall–Kier alpha value is -1.35. The second-order valence-electron chi connectivity index (χ2n) is 4.66. The summed E-state index contributed by atoms with van der Waals surface area (Å²) in [5, 5.41) is 0. The molecule has 98 valence electrons. The maximum absolute atomic E-state index is 11.3. The summed E-state index contributed by atoms with van der Waals surface area (Å²) in [6, 6.07) is 10.1. The largest absolute Gasteiger partial charge is 0.460 e. The summed E-state index contributed by atoms with van der Waals surface area (Å²) in [5.41, 5.74) is 1.15. The molecular weight excluding hydrogens is 228 g/mol. The SMILES string of the molecule is CC[C@@H](OCc1ccccc1)[C@H]1CCCC(=O)O1. The molecule has 1 aliphatic rings. The Morgan fingerprint density at radius 1 is 1.39 bits per heavy atom. The molecule has 1 saturated heterocycles. The molecule has 3 heteroatoms. The van der Waals surface area contributed by atoms with E-state index in [-0.39, 0.29) is 18.2 Å². The van der Waals surface area contributed by atoms with Crippen molar-refractivity contribution in [3.8, 4) is 0 Å². The first-order valence-corrected chi connectivity index (χ1v) is 6.64. The van der Waals surface area contributed by atoms with E-state index in [4.69, 9.17) is 9.47 Å². The van der Waals surface area contributed by atoms with Crippen LogP contribution in [0.25, 0.3) is 0 Å². The van der Waals surface area contributed by atoms with Gasteiger partial charge in [0.15, 0.2) is 0 Å². The maximum Gasteiger partial charge on any atom is 0.306 e. The van der Waals surface area contributed by atoms with Gasteiger partial charge in [0.2, 0.25) is 0 Å². The molecule has 0 radical (unpaired) electrons. The zero-order valence-corrected chi connectivity index (χ0v) is 10.8. The van der Waals surface area contributed by atoms with Gasteiger partial charge in [-0.05, 0) is 24.8 Å². The first-order valence-electron chi connectivity index (χ1n) is 6.64. The number of cyclic esters (lactones) is 1. The zero-order chi connectivity index (χ0) is 12.8. The van der Waals surface area contributed by atoms with Crippen LogP contribution in [0, 0.1) is 0 Å². The van der Waals surface area contributed by atoms with Crippen LogP contribution in [0.1, 0.15) is 38.2 Å². The highest BCUT2D eigenvalue weighted by Gasteiger charge is 2.28. The Bertz CT molecular complexity index is 375. The van der Waals surface area contributed by atoms with Crippen LogP contribution in [-0.2, 0) is 20.9 Å². The van der Waals surface area contributed by atoms with Gasteiger partial charge in [-0.1, -0.05) is 37.3 Å². The van der Waals surface area contributed by atoms with Gasteiger partial charge in [0.05, 0.1) is 12.7 Å². The highest BCUT2D eigenvalue weighted by molar-refractivity contribution is 5.70. The average Bonchev–Trinajstić information content (AvgIpc) is 2.41. The molecule has 0 aromatic heterocycles. The summed E-state index contributed by atoms with van der Waals surface area (Å²) in [6.07, 6.45) is 3.18. The standard InChI is InChI=1S/C15H20O3/c1-2-13(14-9-6-10-15(16)18-14)17-11-12-7-4-3-5-8-12/h3-5,7-8,13-14H,2,6,9-11H2,1H3/t13-,14-/m1/s1. The van der Waals surface area contributed by atoms with Crippen LogP contribution in [-0.4, -0.2) is 18.2 Å². The first kappa shape index (κ1) is 13.1. The number of esters is 1. The third-order valence-corrected chi connectivity index (χ3v) is 3.28. The molecule has 0 amide bonds. The summed E-state index contributed by atoms with van der Waals surface area (Å²) in [6.45, 7) is 2.64. The molecule has 0 aliphatic carbocycles. The summed E-state index contributed by atoms with van der Waals surface area (Å²) in [7, 11) is 0. The lowest BCUT2D eigenvalue weighted by molar-refractivity contribution is -0.165. The highest BCUT2D eigenvalue weighted by Crippen LogP contribution is 2.21. The minimum absolute atomic E-state index is 0.00876. The lowest BCUT2D eigenvalue weighted by Crippen LogP contribution is -2.35. The van der Waals surface area contributed by atoms with Crippen LogP contribution in [0.3, 0.4) is 0 Å². The van der Waals surface area contributed by atoms with E-state index in [2.05, 4.69) is 6.92 Å². The maximum atomic E-state index is 11.3. The van der Waals surface area contributed by atoms with E-state index in [1.54, 1.807) is 0 Å². The van der Waals surface area contributed by atoms with Crippen LogP contribution in [0.15, 0.2) is 30.3 Å². The molecule has 1 fully saturated rings. The predicted molar refractivity (Wildman–Crippen MR) is 69.0 cm³/mol. The van der Waals surface area contributed by atoms with E-state index >= 15 is 0 Å². The molecule has 0 unspecified atom stereocenters. The van der Waals surface area contributed by atoms with Crippen LogP contribution >= 0.6 is 0 Å². The fourth-order valence-electron chi connectivity index (χ4n) is 2.26. The normalized spacial score (nSPS) is 21.4. The predicted octanol–water partition coefficient (Wildman–Crippen LogP) is 3.08. The van der Waals surface area contributed by atoms with E-state index in [0.29, 0.717) is 13.0 Å². The Labute approximate surface area is 108 Å². The smallest absolute Gasteiger partial charge is 0.306 e. The molecule has 0 spiro atoms. The summed E-state index contributed by atoms with van der Waals surface area (Å²) >= 11 is 0. The molecular formula is C15H20O3. The van der Waals surface area contributed by atoms with E-state index < -0.39 is 0 Å². The Morgan fingerprint density at radius 3 is 2.83 bits per heavy atom. The molecule has 1 heterocycles. The van der Waals surface area contributed by atoms with Crippen molar-refractivity contribution in [1.29, 1.82) is 0 Å². The number of ether oxygens (including phenoxy) is 2. The van der Waals surface area contributed by atoms with E-state index in [1.807, 2.05) is 30.3 Å². The van der Waals surface area contributed by atoms with Gasteiger partial charge in [-0.25, -0.2) is 0 Å². The Kier molecular flexibility index (Phi) is 4.76. The van der Waals surface area contributed by atoms with Gasteiger partial charge < -0.3 is 9.47 Å². The van der Waals surface area contributed by atoms with Gasteiger partial charge in [0.25, 0.3) is 0 Å². The fraction of sp³-hybridized carbons (Fsp3) is 0.533. The quantitative estimate of drug-likeness (QED) is 0.751. The van der Waals surface area contributed by atoms with Crippen molar-refractivity contribution in [2.45, 2.75) is 51.4 Å². The molecule has 0 bridgehead atoms. The summed E-state index contributed by atoms with van der Waals surface area (Å²) < 4.78 is 11.3. The van der Waals surface area contributed by atoms with Gasteiger partial charge >= 0.3 is 5.97 Å². The third-order valence-electron chi connectivity index (χ3n) is 3.28. The highest BCUT2D eigenvalue weighted by atomic mass is 16.6. The number of carbonyl (C=O) groups excluding carboxylic acids is 1. The Balaban J connectivity index is 1.87. The van der Waals surface area contributed by atoms with Crippen molar-refractivity contribution in [2.24, 2.45) is 0 Å². The summed E-state index contributed by atoms with van der Waals surface area (Å²) in [5.74, 6) is -0.0898. The molecule has 0 saturated carbocycles. The molecule has 1 aromatic rings. The molecule has 18 heavy (non-hydrogen) atoms. The van der Waals surface area contributed by atoms with Crippen molar-refractivity contribution in [3.05, 3.63) is 35.9 Å². The van der Waals surface area contributed by atoms with Crippen molar-refractivity contribution in [2.75, 3.05) is 0 Å². The van der Waals surface area contributed by atoms with E-state index in [9.17, 15) is 4.79 Å². The molecule has 2 rings (SSSR count). The zero-order valence-electron chi connectivity index (χ0n) is 10.8. The van der Waals surface area contributed by atoms with E-state index in [1.165, 1.54) is 0 Å². The van der Waals surface area contributed by atoms with Crippen molar-refractivity contribution in [1.82, 2.24) is 0 Å². The van der Waals surface area contributed by atoms with Crippen LogP contribution < -0.4 is 0 Å². The van der Waals surface area contributed by atoms with Gasteiger partial charge in [0, 0.05) is 6.42 Å². The average molecular weight is 248 g/mol. The van der Waals surface area contributed by atoms with Gasteiger partial charge in [-0.2, -0.15) is 0 Å². The van der Waals surface area contributed by atoms with Crippen molar-refractivity contribution < 1.29 is 14.3 Å². The van der Waals surface area contributed by atoms with Crippen molar-refractivity contribution >= 4 is 5.97 Å². The molecule has 3 nitrogen and oxygen atoms in total. The fourth-order valence-corrected chi connectivity index (χ4v) is 2.26. The molecule has 1 aromatic carbocycles. The number of hydrogen-bond donors (Lipinski definition) is 0. The monoisotopic (exact) mass is 248 g/mol. The van der Waals surface area contributed by atoms with Crippen LogP contribution in [0.5, 0.6) is 0 Å². The topological polar surface area (TPSA) is 35.5 Å². The lowest BCUT2D eigenvalue weighted by atomic mass is 10.0. The van der Waals surface area contributed by atoms with Gasteiger partial charge in [0.1, 0.15) is 6.10 Å². The molecule has 2 atom stereocenters. The number of benzene rings is 1. The van der Waals surface area contributed by atoms with Gasteiger partial charge in [-0.15, -0.1) is 0 Å². The molecule has 1 aliphatic heterocycles. The minimum atomic E-state index is -0.0898. The van der Waals surface area contributed by atoms with Crippen LogP contribution in [0.4, 0.5) is 0 Å². The van der Waals surface area contributed by atoms with Gasteiger partial charge in [-0.3, -0.25) is 4.79 Å². The number of rotatable bonds is 5. The third kappa shape index (κ3) is 3.57. The summed E-state index contributed by atoms with van der Waals surface area (Å²) in [4.78, 5) is 11.3. The van der Waals surface area contributed by atoms with Crippen molar-refractivity contribution in [3.63, 3.8) is 0 Å². The number of carbonyl (C=O) groups is 1. The minimum Gasteiger partial charge on any atom is -0.460 e. The number of hydrogen-bond acceptors (Lipinski definition) is 3.